The standard InChI is InChI=1S/C12H20N4O3S/c1-14-7-9-4-3-5-16(9)20(18,19)10-6-11(12(13)17)15(2)8-10/h6,8-9,14H,3-5,7H2,1-2H3,(H2,13,17). The molecule has 0 bridgehead atoms. The van der Waals surface area contributed by atoms with Crippen LogP contribution in [-0.2, 0) is 17.1 Å². The molecule has 8 heteroatoms. The van der Waals surface area contributed by atoms with Crippen molar-refractivity contribution in [1.82, 2.24) is 14.2 Å². The van der Waals surface area contributed by atoms with Gasteiger partial charge >= 0.3 is 0 Å². The average Bonchev–Trinajstić information content (AvgIpc) is 2.96. The third-order valence-corrected chi connectivity index (χ3v) is 5.52. The van der Waals surface area contributed by atoms with Gasteiger partial charge in [-0.15, -0.1) is 0 Å². The number of rotatable bonds is 5. The molecule has 20 heavy (non-hydrogen) atoms. The van der Waals surface area contributed by atoms with Crippen LogP contribution in [0.15, 0.2) is 17.2 Å². The topological polar surface area (TPSA) is 97.4 Å². The Bertz CT molecular complexity index is 608. The van der Waals surface area contributed by atoms with Gasteiger partial charge in [-0.2, -0.15) is 4.31 Å². The second-order valence-corrected chi connectivity index (χ2v) is 6.90. The minimum atomic E-state index is -3.58. The fourth-order valence-corrected chi connectivity index (χ4v) is 4.39. The number of nitrogens with zero attached hydrogens (tertiary/aromatic N) is 2. The highest BCUT2D eigenvalue weighted by atomic mass is 32.2. The summed E-state index contributed by atoms with van der Waals surface area (Å²) < 4.78 is 28.2. The zero-order valence-corrected chi connectivity index (χ0v) is 12.5. The molecule has 1 unspecified atom stereocenters. The number of aryl methyl sites for hydroxylation is 1. The molecule has 1 saturated heterocycles. The second-order valence-electron chi connectivity index (χ2n) is 5.01. The van der Waals surface area contributed by atoms with E-state index in [1.807, 2.05) is 0 Å². The molecule has 112 valence electrons. The van der Waals surface area contributed by atoms with E-state index in [4.69, 9.17) is 5.73 Å². The highest BCUT2D eigenvalue weighted by molar-refractivity contribution is 7.89. The lowest BCUT2D eigenvalue weighted by molar-refractivity contribution is 0.0992. The third-order valence-electron chi connectivity index (χ3n) is 3.60. The molecule has 1 aliphatic heterocycles. The van der Waals surface area contributed by atoms with E-state index < -0.39 is 15.9 Å². The number of carbonyl (C=O) groups excluding carboxylic acids is 1. The van der Waals surface area contributed by atoms with Crippen LogP contribution in [0.3, 0.4) is 0 Å². The summed E-state index contributed by atoms with van der Waals surface area (Å²) in [5.41, 5.74) is 5.41. The summed E-state index contributed by atoms with van der Waals surface area (Å²) in [4.78, 5) is 11.4. The fraction of sp³-hybridized carbons (Fsp3) is 0.583. The van der Waals surface area contributed by atoms with Crippen molar-refractivity contribution in [2.24, 2.45) is 12.8 Å². The molecular formula is C12H20N4O3S. The minimum Gasteiger partial charge on any atom is -0.364 e. The second kappa shape index (κ2) is 5.55. The molecule has 0 aromatic carbocycles. The zero-order valence-electron chi connectivity index (χ0n) is 11.7. The highest BCUT2D eigenvalue weighted by Crippen LogP contribution is 2.26. The van der Waals surface area contributed by atoms with E-state index in [0.717, 1.165) is 12.8 Å². The first kappa shape index (κ1) is 15.0. The predicted molar refractivity (Wildman–Crippen MR) is 74.8 cm³/mol. The minimum absolute atomic E-state index is 0.0396. The Hall–Kier alpha value is -1.38. The summed E-state index contributed by atoms with van der Waals surface area (Å²) in [5, 5.41) is 3.01. The van der Waals surface area contributed by atoms with Crippen molar-refractivity contribution in [2.75, 3.05) is 20.1 Å². The highest BCUT2D eigenvalue weighted by Gasteiger charge is 2.35. The number of nitrogens with one attached hydrogen (secondary N) is 1. The number of carbonyl (C=O) groups is 1. The van der Waals surface area contributed by atoms with Crippen molar-refractivity contribution in [3.05, 3.63) is 18.0 Å². The van der Waals surface area contributed by atoms with Crippen LogP contribution >= 0.6 is 0 Å². The Balaban J connectivity index is 2.35. The van der Waals surface area contributed by atoms with Crippen LogP contribution in [0.25, 0.3) is 0 Å². The Morgan fingerprint density at radius 2 is 2.25 bits per heavy atom. The Morgan fingerprint density at radius 1 is 1.55 bits per heavy atom. The first-order valence-corrected chi connectivity index (χ1v) is 7.94. The number of sulfonamides is 1. The zero-order chi connectivity index (χ0) is 14.9. The molecule has 1 fully saturated rings. The first-order valence-electron chi connectivity index (χ1n) is 6.50. The Labute approximate surface area is 118 Å². The molecule has 7 nitrogen and oxygen atoms in total. The maximum atomic E-state index is 12.6. The summed E-state index contributed by atoms with van der Waals surface area (Å²) >= 11 is 0. The summed E-state index contributed by atoms with van der Waals surface area (Å²) in [6, 6.07) is 1.30. The van der Waals surface area contributed by atoms with Crippen LogP contribution in [0.1, 0.15) is 23.3 Å². The summed E-state index contributed by atoms with van der Waals surface area (Å²) in [5.74, 6) is -0.637. The molecule has 2 rings (SSSR count). The molecule has 3 N–H and O–H groups in total. The van der Waals surface area contributed by atoms with Crippen molar-refractivity contribution in [2.45, 2.75) is 23.8 Å². The predicted octanol–water partition coefficient (Wildman–Crippen LogP) is -0.503. The van der Waals surface area contributed by atoms with E-state index in [2.05, 4.69) is 5.32 Å². The van der Waals surface area contributed by atoms with Gasteiger partial charge < -0.3 is 15.6 Å². The van der Waals surface area contributed by atoms with Gasteiger partial charge in [-0.25, -0.2) is 8.42 Å². The fourth-order valence-electron chi connectivity index (χ4n) is 2.62. The average molecular weight is 300 g/mol. The smallest absolute Gasteiger partial charge is 0.265 e. The molecule has 0 aliphatic carbocycles. The molecule has 1 aliphatic rings. The summed E-state index contributed by atoms with van der Waals surface area (Å²) in [6.45, 7) is 1.13. The van der Waals surface area contributed by atoms with E-state index in [9.17, 15) is 13.2 Å². The molecule has 0 radical (unpaired) electrons. The SMILES string of the molecule is CNCC1CCCN1S(=O)(=O)c1cc(C(N)=O)n(C)c1. The van der Waals surface area contributed by atoms with Gasteiger partial charge in [-0.1, -0.05) is 0 Å². The van der Waals surface area contributed by atoms with Crippen LogP contribution < -0.4 is 11.1 Å². The Morgan fingerprint density at radius 3 is 2.80 bits per heavy atom. The van der Waals surface area contributed by atoms with Gasteiger partial charge in [-0.05, 0) is 26.0 Å². The van der Waals surface area contributed by atoms with Crippen molar-refractivity contribution in [3.8, 4) is 0 Å². The molecule has 0 saturated carbocycles. The third kappa shape index (κ3) is 2.58. The summed E-state index contributed by atoms with van der Waals surface area (Å²) in [6.07, 6.45) is 3.13. The van der Waals surface area contributed by atoms with Gasteiger partial charge in [0, 0.05) is 32.4 Å². The molecule has 2 heterocycles. The molecule has 1 aromatic heterocycles. The molecular weight excluding hydrogens is 280 g/mol. The van der Waals surface area contributed by atoms with Gasteiger partial charge in [0.2, 0.25) is 10.0 Å². The number of amides is 1. The van der Waals surface area contributed by atoms with Crippen LogP contribution in [0, 0.1) is 0 Å². The van der Waals surface area contributed by atoms with E-state index >= 15 is 0 Å². The lowest BCUT2D eigenvalue weighted by Crippen LogP contribution is -2.40. The largest absolute Gasteiger partial charge is 0.364 e. The van der Waals surface area contributed by atoms with Gasteiger partial charge in [-0.3, -0.25) is 4.79 Å². The van der Waals surface area contributed by atoms with Gasteiger partial charge in [0.05, 0.1) is 0 Å². The van der Waals surface area contributed by atoms with E-state index in [1.165, 1.54) is 21.1 Å². The van der Waals surface area contributed by atoms with Crippen LogP contribution in [0.5, 0.6) is 0 Å². The van der Waals surface area contributed by atoms with Gasteiger partial charge in [0.25, 0.3) is 5.91 Å². The molecule has 1 aromatic rings. The summed E-state index contributed by atoms with van der Waals surface area (Å²) in [7, 11) is -0.173. The number of hydrogen-bond acceptors (Lipinski definition) is 4. The van der Waals surface area contributed by atoms with Crippen molar-refractivity contribution < 1.29 is 13.2 Å². The van der Waals surface area contributed by atoms with Crippen molar-refractivity contribution in [1.29, 1.82) is 0 Å². The molecule has 0 spiro atoms. The van der Waals surface area contributed by atoms with Gasteiger partial charge in [0.15, 0.2) is 0 Å². The maximum absolute atomic E-state index is 12.6. The number of aromatic nitrogens is 1. The quantitative estimate of drug-likeness (QED) is 0.766. The van der Waals surface area contributed by atoms with Crippen LogP contribution in [-0.4, -0.2) is 49.4 Å². The lowest BCUT2D eigenvalue weighted by atomic mass is 10.2. The van der Waals surface area contributed by atoms with E-state index in [0.29, 0.717) is 13.1 Å². The van der Waals surface area contributed by atoms with Crippen molar-refractivity contribution in [3.63, 3.8) is 0 Å². The normalized spacial score (nSPS) is 20.4. The van der Waals surface area contributed by atoms with Crippen LogP contribution in [0.4, 0.5) is 0 Å². The number of nitrogens with two attached hydrogens (primary N) is 1. The number of likely N-dealkylation sites (N-methyl/N-ethyl adjacent to an activating group) is 1. The monoisotopic (exact) mass is 300 g/mol. The number of primary amides is 1. The van der Waals surface area contributed by atoms with Crippen LogP contribution in [0.2, 0.25) is 0 Å². The van der Waals surface area contributed by atoms with E-state index in [1.54, 1.807) is 14.1 Å². The van der Waals surface area contributed by atoms with Gasteiger partial charge in [0.1, 0.15) is 10.6 Å². The number of hydrogen-bond donors (Lipinski definition) is 2. The lowest BCUT2D eigenvalue weighted by Gasteiger charge is -2.23. The first-order chi connectivity index (χ1) is 9.37. The van der Waals surface area contributed by atoms with Crippen molar-refractivity contribution >= 4 is 15.9 Å². The molecule has 1 atom stereocenters. The Kier molecular flexibility index (Phi) is 4.17. The molecule has 1 amide bonds. The maximum Gasteiger partial charge on any atom is 0.265 e. The van der Waals surface area contributed by atoms with E-state index in [-0.39, 0.29) is 16.6 Å².